The number of hydrogen-bond donors (Lipinski definition) is 1. The van der Waals surface area contributed by atoms with Gasteiger partial charge in [0.15, 0.2) is 0 Å². The highest BCUT2D eigenvalue weighted by molar-refractivity contribution is 8.14. The van der Waals surface area contributed by atoms with Crippen LogP contribution >= 0.6 is 11.8 Å². The second-order valence-corrected chi connectivity index (χ2v) is 13.6. The number of pyridine rings is 1. The van der Waals surface area contributed by atoms with Crippen molar-refractivity contribution in [3.8, 4) is 5.75 Å². The average molecular weight is 718 g/mol. The van der Waals surface area contributed by atoms with Crippen LogP contribution in [-0.2, 0) is 20.8 Å². The lowest BCUT2D eigenvalue weighted by atomic mass is 9.98. The number of rotatable bonds is 9. The van der Waals surface area contributed by atoms with Crippen molar-refractivity contribution in [3.05, 3.63) is 103 Å². The smallest absolute Gasteiger partial charge is 0.279 e. The van der Waals surface area contributed by atoms with E-state index in [-0.39, 0.29) is 35.9 Å². The normalized spacial score (nSPS) is 17.3. The molecule has 4 amide bonds. The lowest BCUT2D eigenvalue weighted by molar-refractivity contribution is -0.132. The van der Waals surface area contributed by atoms with Crippen molar-refractivity contribution in [3.63, 3.8) is 0 Å². The molecule has 2 unspecified atom stereocenters. The molecule has 2 aliphatic rings. The van der Waals surface area contributed by atoms with Gasteiger partial charge in [0, 0.05) is 35.5 Å². The summed E-state index contributed by atoms with van der Waals surface area (Å²) < 4.78 is 6.54. The highest BCUT2D eigenvalue weighted by Crippen LogP contribution is 2.40. The number of amides is 4. The average Bonchev–Trinajstić information content (AvgIpc) is 3.75. The Morgan fingerprint density at radius 1 is 0.942 bits per heavy atom. The fraction of sp³-hybridized carbons (Fsp3) is 0.237. The van der Waals surface area contributed by atoms with E-state index in [1.165, 1.54) is 20.7 Å². The van der Waals surface area contributed by atoms with Crippen LogP contribution in [0, 0.1) is 5.92 Å². The minimum absolute atomic E-state index is 0.175. The third kappa shape index (κ3) is 6.36. The first-order valence-corrected chi connectivity index (χ1v) is 17.7. The molecule has 7 rings (SSSR count). The summed E-state index contributed by atoms with van der Waals surface area (Å²) in [5.74, 6) is -2.38. The zero-order valence-corrected chi connectivity index (χ0v) is 29.4. The van der Waals surface area contributed by atoms with Crippen molar-refractivity contribution >= 4 is 74.3 Å². The van der Waals surface area contributed by atoms with Gasteiger partial charge in [0.05, 0.1) is 41.6 Å². The minimum atomic E-state index is -1.35. The quantitative estimate of drug-likeness (QED) is 0.203. The number of ether oxygens (including phenoxy) is 1. The Morgan fingerprint density at radius 2 is 1.67 bits per heavy atom. The second-order valence-electron chi connectivity index (χ2n) is 12.6. The number of methoxy groups -OCH3 is 1. The van der Waals surface area contributed by atoms with Gasteiger partial charge < -0.3 is 19.9 Å². The number of para-hydroxylation sites is 3. The lowest BCUT2D eigenvalue weighted by Gasteiger charge is -2.31. The summed E-state index contributed by atoms with van der Waals surface area (Å²) >= 11 is 1.02. The van der Waals surface area contributed by atoms with Crippen LogP contribution in [0.5, 0.6) is 5.75 Å². The van der Waals surface area contributed by atoms with E-state index in [2.05, 4.69) is 15.4 Å². The van der Waals surface area contributed by atoms with Crippen LogP contribution in [0.25, 0.3) is 10.9 Å². The fourth-order valence-corrected chi connectivity index (χ4v) is 7.42. The summed E-state index contributed by atoms with van der Waals surface area (Å²) in [6, 6.07) is 23.5. The lowest BCUT2D eigenvalue weighted by Crippen LogP contribution is -2.48. The Hall–Kier alpha value is -6.02. The van der Waals surface area contributed by atoms with E-state index in [1.54, 1.807) is 103 Å². The summed E-state index contributed by atoms with van der Waals surface area (Å²) in [6.45, 7) is 3.40. The first-order chi connectivity index (χ1) is 25.2. The summed E-state index contributed by atoms with van der Waals surface area (Å²) in [5, 5.41) is 7.61. The van der Waals surface area contributed by atoms with Crippen molar-refractivity contribution in [1.82, 2.24) is 20.1 Å². The molecule has 2 atom stereocenters. The van der Waals surface area contributed by atoms with E-state index < -0.39 is 29.7 Å². The van der Waals surface area contributed by atoms with Crippen LogP contribution in [0.3, 0.4) is 0 Å². The minimum Gasteiger partial charge on any atom is -0.497 e. The van der Waals surface area contributed by atoms with E-state index in [4.69, 9.17) is 4.74 Å². The molecule has 3 aromatic carbocycles. The number of anilines is 4. The van der Waals surface area contributed by atoms with Crippen LogP contribution in [0.2, 0.25) is 0 Å². The van der Waals surface area contributed by atoms with E-state index in [9.17, 15) is 24.0 Å². The van der Waals surface area contributed by atoms with Crippen molar-refractivity contribution in [1.29, 1.82) is 0 Å². The number of carbonyl (C=O) groups is 5. The van der Waals surface area contributed by atoms with Gasteiger partial charge in [0.1, 0.15) is 24.3 Å². The van der Waals surface area contributed by atoms with Gasteiger partial charge in [-0.2, -0.15) is 9.78 Å². The maximum Gasteiger partial charge on any atom is 0.279 e. The maximum atomic E-state index is 14.9. The molecule has 13 nitrogen and oxygen atoms in total. The Labute approximate surface area is 303 Å². The van der Waals surface area contributed by atoms with E-state index in [1.807, 2.05) is 13.8 Å². The van der Waals surface area contributed by atoms with Crippen molar-refractivity contribution in [2.45, 2.75) is 32.4 Å². The van der Waals surface area contributed by atoms with Gasteiger partial charge in [-0.1, -0.05) is 42.1 Å². The van der Waals surface area contributed by atoms with Crippen LogP contribution in [0.4, 0.5) is 27.5 Å². The number of nitrogens with zero attached hydrogens (tertiary/aromatic N) is 6. The molecule has 264 valence electrons. The van der Waals surface area contributed by atoms with E-state index >= 15 is 0 Å². The molecular formula is C38H35N7O6S. The SMILES string of the molecule is COc1ccc(N(C(=O)CN2C(=O)C(Cc3nn(C(=O)C4CSC(=O)N4)c4ccccc34)C(=O)N(c3cccnc3)c3ccccc32)C(C)C)cc1. The van der Waals surface area contributed by atoms with Crippen molar-refractivity contribution in [2.24, 2.45) is 5.92 Å². The van der Waals surface area contributed by atoms with Gasteiger partial charge in [-0.25, -0.2) is 0 Å². The van der Waals surface area contributed by atoms with Crippen LogP contribution < -0.4 is 24.8 Å². The predicted octanol–water partition coefficient (Wildman–Crippen LogP) is 5.22. The zero-order chi connectivity index (χ0) is 36.5. The molecule has 1 fully saturated rings. The molecule has 0 radical (unpaired) electrons. The third-order valence-corrected chi connectivity index (χ3v) is 9.95. The maximum absolute atomic E-state index is 14.9. The van der Waals surface area contributed by atoms with Gasteiger partial charge in [-0.15, -0.1) is 0 Å². The van der Waals surface area contributed by atoms with Crippen molar-refractivity contribution < 1.29 is 28.7 Å². The molecule has 2 aliphatic heterocycles. The molecule has 0 saturated carbocycles. The highest BCUT2D eigenvalue weighted by atomic mass is 32.2. The molecule has 4 heterocycles. The van der Waals surface area contributed by atoms with Crippen LogP contribution in [-0.4, -0.2) is 75.1 Å². The number of fused-ring (bicyclic) bond motifs is 2. The molecule has 0 aliphatic carbocycles. The van der Waals surface area contributed by atoms with Gasteiger partial charge in [-0.3, -0.25) is 33.9 Å². The summed E-state index contributed by atoms with van der Waals surface area (Å²) in [5.41, 5.74) is 2.67. The van der Waals surface area contributed by atoms with E-state index in [0.29, 0.717) is 45.1 Å². The molecule has 1 N–H and O–H groups in total. The summed E-state index contributed by atoms with van der Waals surface area (Å²) in [6.07, 6.45) is 2.95. The van der Waals surface area contributed by atoms with Gasteiger partial charge in [0.2, 0.25) is 17.7 Å². The number of benzene rings is 3. The predicted molar refractivity (Wildman–Crippen MR) is 198 cm³/mol. The Bertz CT molecular complexity index is 2190. The van der Waals surface area contributed by atoms with Crippen LogP contribution in [0.15, 0.2) is 97.3 Å². The molecule has 0 bridgehead atoms. The largest absolute Gasteiger partial charge is 0.497 e. The molecule has 5 aromatic rings. The molecule has 0 spiro atoms. The first kappa shape index (κ1) is 34.4. The second kappa shape index (κ2) is 14.3. The Kier molecular flexibility index (Phi) is 9.47. The molecule has 14 heteroatoms. The first-order valence-electron chi connectivity index (χ1n) is 16.7. The fourth-order valence-electron chi connectivity index (χ4n) is 6.65. The number of aromatic nitrogens is 3. The number of nitrogens with one attached hydrogen (secondary N) is 1. The summed E-state index contributed by atoms with van der Waals surface area (Å²) in [4.78, 5) is 78.1. The standard InChI is InChI=1S/C38H35N7O6S/c1-23(2)43(24-14-16-26(51-3)17-15-24)34(46)21-42-32-12-6-7-13-33(32)44(25-9-8-18-39-20-25)36(48)28(35(42)47)19-29-27-10-4-5-11-31(27)45(41-29)37(49)30-22-52-38(50)40-30/h4-18,20,23,28,30H,19,21-22H2,1-3H3,(H,40,50). The van der Waals surface area contributed by atoms with E-state index in [0.717, 1.165) is 11.8 Å². The molecule has 2 aromatic heterocycles. The van der Waals surface area contributed by atoms with Gasteiger partial charge in [-0.05, 0) is 68.4 Å². The van der Waals surface area contributed by atoms with Gasteiger partial charge >= 0.3 is 0 Å². The highest BCUT2D eigenvalue weighted by Gasteiger charge is 2.43. The topological polar surface area (TPSA) is 147 Å². The Morgan fingerprint density at radius 3 is 2.35 bits per heavy atom. The molecule has 1 saturated heterocycles. The Balaban J connectivity index is 1.31. The summed E-state index contributed by atoms with van der Waals surface area (Å²) in [7, 11) is 1.56. The number of hydrogen-bond acceptors (Lipinski definition) is 9. The van der Waals surface area contributed by atoms with Gasteiger partial charge in [0.25, 0.3) is 11.1 Å². The number of thioether (sulfide) groups is 1. The monoisotopic (exact) mass is 717 g/mol. The zero-order valence-electron chi connectivity index (χ0n) is 28.6. The van der Waals surface area contributed by atoms with Crippen LogP contribution in [0.1, 0.15) is 24.3 Å². The van der Waals surface area contributed by atoms with Crippen molar-refractivity contribution in [2.75, 3.05) is 34.1 Å². The number of carbonyl (C=O) groups excluding carboxylic acids is 5. The molecular weight excluding hydrogens is 683 g/mol. The molecule has 52 heavy (non-hydrogen) atoms. The third-order valence-electron chi connectivity index (χ3n) is 9.07.